The first kappa shape index (κ1) is 14.4. The highest BCUT2D eigenvalue weighted by atomic mass is 16.3. The van der Waals surface area contributed by atoms with Crippen molar-refractivity contribution in [2.45, 2.75) is 51.5 Å². The Labute approximate surface area is 127 Å². The van der Waals surface area contributed by atoms with Gasteiger partial charge in [0.15, 0.2) is 0 Å². The van der Waals surface area contributed by atoms with Crippen LogP contribution in [0.1, 0.15) is 57.3 Å². The van der Waals surface area contributed by atoms with E-state index in [1.807, 2.05) is 6.07 Å². The molecule has 0 saturated heterocycles. The Balaban J connectivity index is 1.91. The van der Waals surface area contributed by atoms with Gasteiger partial charge in [-0.25, -0.2) is 0 Å². The summed E-state index contributed by atoms with van der Waals surface area (Å²) in [4.78, 5) is 0. The minimum absolute atomic E-state index is 0.246. The van der Waals surface area contributed by atoms with Crippen molar-refractivity contribution >= 4 is 11.0 Å². The number of benzene rings is 1. The van der Waals surface area contributed by atoms with Gasteiger partial charge in [0.2, 0.25) is 0 Å². The number of para-hydroxylation sites is 1. The Bertz CT molecular complexity index is 578. The van der Waals surface area contributed by atoms with Crippen LogP contribution in [-0.2, 0) is 0 Å². The Morgan fingerprint density at radius 1 is 1.19 bits per heavy atom. The second-order valence-corrected chi connectivity index (χ2v) is 5.95. The molecule has 1 atom stereocenters. The molecule has 0 saturated carbocycles. The third-order valence-corrected chi connectivity index (χ3v) is 4.27. The first-order valence-corrected chi connectivity index (χ1v) is 8.29. The van der Waals surface area contributed by atoms with Gasteiger partial charge in [-0.15, -0.1) is 0 Å². The van der Waals surface area contributed by atoms with Gasteiger partial charge >= 0.3 is 0 Å². The van der Waals surface area contributed by atoms with Crippen molar-refractivity contribution in [1.29, 1.82) is 0 Å². The molecule has 0 aliphatic heterocycles. The van der Waals surface area contributed by atoms with Crippen LogP contribution < -0.4 is 5.32 Å². The number of allylic oxidation sites excluding steroid dienone is 1. The molecule has 1 aromatic carbocycles. The lowest BCUT2D eigenvalue weighted by Crippen LogP contribution is -2.23. The molecular formula is C19H25NO. The average Bonchev–Trinajstić information content (AvgIpc) is 2.75. The number of hydrogen-bond donors (Lipinski definition) is 1. The van der Waals surface area contributed by atoms with Gasteiger partial charge in [-0.2, -0.15) is 0 Å². The summed E-state index contributed by atoms with van der Waals surface area (Å²) in [5, 5.41) is 4.88. The molecular weight excluding hydrogens is 258 g/mol. The molecule has 0 fully saturated rings. The Kier molecular flexibility index (Phi) is 4.76. The summed E-state index contributed by atoms with van der Waals surface area (Å²) >= 11 is 0. The predicted molar refractivity (Wildman–Crippen MR) is 88.4 cm³/mol. The summed E-state index contributed by atoms with van der Waals surface area (Å²) in [7, 11) is 0. The van der Waals surface area contributed by atoms with E-state index in [2.05, 4.69) is 42.6 Å². The number of furan rings is 1. The molecule has 2 heteroatoms. The van der Waals surface area contributed by atoms with Gasteiger partial charge in [0.25, 0.3) is 0 Å². The molecule has 1 unspecified atom stereocenters. The van der Waals surface area contributed by atoms with E-state index < -0.39 is 0 Å². The number of fused-ring (bicyclic) bond motifs is 1. The predicted octanol–water partition coefficient (Wildman–Crippen LogP) is 5.36. The third kappa shape index (κ3) is 3.38. The molecule has 1 heterocycles. The van der Waals surface area contributed by atoms with Gasteiger partial charge < -0.3 is 9.73 Å². The summed E-state index contributed by atoms with van der Waals surface area (Å²) in [5.74, 6) is 1.07. The van der Waals surface area contributed by atoms with Crippen LogP contribution in [-0.4, -0.2) is 6.54 Å². The fraction of sp³-hybridized carbons (Fsp3) is 0.474. The molecule has 21 heavy (non-hydrogen) atoms. The molecule has 0 amide bonds. The van der Waals surface area contributed by atoms with Gasteiger partial charge in [0, 0.05) is 5.39 Å². The smallest absolute Gasteiger partial charge is 0.134 e. The van der Waals surface area contributed by atoms with Gasteiger partial charge in [-0.05, 0) is 56.4 Å². The van der Waals surface area contributed by atoms with E-state index in [9.17, 15) is 0 Å². The summed E-state index contributed by atoms with van der Waals surface area (Å²) in [6, 6.07) is 10.7. The minimum atomic E-state index is 0.246. The molecule has 0 spiro atoms. The van der Waals surface area contributed by atoms with Crippen LogP contribution in [0.3, 0.4) is 0 Å². The van der Waals surface area contributed by atoms with Crippen LogP contribution in [0.5, 0.6) is 0 Å². The summed E-state index contributed by atoms with van der Waals surface area (Å²) in [6.07, 6.45) is 9.96. The van der Waals surface area contributed by atoms with Crippen LogP contribution >= 0.6 is 0 Å². The minimum Gasteiger partial charge on any atom is -0.459 e. The maximum atomic E-state index is 6.12. The highest BCUT2D eigenvalue weighted by molar-refractivity contribution is 5.77. The van der Waals surface area contributed by atoms with E-state index >= 15 is 0 Å². The Hall–Kier alpha value is -1.54. The Morgan fingerprint density at radius 3 is 2.95 bits per heavy atom. The van der Waals surface area contributed by atoms with E-state index in [1.165, 1.54) is 43.1 Å². The van der Waals surface area contributed by atoms with Crippen LogP contribution in [0, 0.1) is 0 Å². The zero-order valence-corrected chi connectivity index (χ0v) is 12.9. The lowest BCUT2D eigenvalue weighted by Gasteiger charge is -2.19. The molecule has 1 aromatic heterocycles. The number of hydrogen-bond acceptors (Lipinski definition) is 2. The SMILES string of the molecule is CCCNC(C1=CCCCCC1)c1cc2ccccc2o1. The largest absolute Gasteiger partial charge is 0.459 e. The maximum absolute atomic E-state index is 6.12. The van der Waals surface area contributed by atoms with Crippen molar-refractivity contribution in [3.05, 3.63) is 47.7 Å². The van der Waals surface area contributed by atoms with Crippen LogP contribution in [0.15, 0.2) is 46.4 Å². The van der Waals surface area contributed by atoms with E-state index in [0.29, 0.717) is 0 Å². The summed E-state index contributed by atoms with van der Waals surface area (Å²) < 4.78 is 6.12. The third-order valence-electron chi connectivity index (χ3n) is 4.27. The summed E-state index contributed by atoms with van der Waals surface area (Å²) in [6.45, 7) is 3.24. The zero-order chi connectivity index (χ0) is 14.5. The van der Waals surface area contributed by atoms with Gasteiger partial charge in [0.1, 0.15) is 11.3 Å². The first-order valence-electron chi connectivity index (χ1n) is 8.29. The topological polar surface area (TPSA) is 25.2 Å². The van der Waals surface area contributed by atoms with Gasteiger partial charge in [0.05, 0.1) is 6.04 Å². The molecule has 2 aromatic rings. The highest BCUT2D eigenvalue weighted by Crippen LogP contribution is 2.32. The molecule has 0 bridgehead atoms. The van der Waals surface area contributed by atoms with Crippen molar-refractivity contribution in [2.75, 3.05) is 6.54 Å². The van der Waals surface area contributed by atoms with E-state index in [-0.39, 0.29) is 6.04 Å². The molecule has 1 aliphatic rings. The highest BCUT2D eigenvalue weighted by Gasteiger charge is 2.20. The molecule has 0 radical (unpaired) electrons. The first-order chi connectivity index (χ1) is 10.4. The van der Waals surface area contributed by atoms with Crippen molar-refractivity contribution in [3.63, 3.8) is 0 Å². The van der Waals surface area contributed by atoms with E-state index in [1.54, 1.807) is 0 Å². The molecule has 1 N–H and O–H groups in total. The Morgan fingerprint density at radius 2 is 2.10 bits per heavy atom. The second kappa shape index (κ2) is 6.95. The van der Waals surface area contributed by atoms with Crippen molar-refractivity contribution in [3.8, 4) is 0 Å². The number of nitrogens with one attached hydrogen (secondary N) is 1. The second-order valence-electron chi connectivity index (χ2n) is 5.95. The quantitative estimate of drug-likeness (QED) is 0.747. The molecule has 3 rings (SSSR count). The fourth-order valence-electron chi connectivity index (χ4n) is 3.15. The van der Waals surface area contributed by atoms with Crippen LogP contribution in [0.4, 0.5) is 0 Å². The monoisotopic (exact) mass is 283 g/mol. The zero-order valence-electron chi connectivity index (χ0n) is 12.9. The summed E-state index contributed by atoms with van der Waals surface area (Å²) in [5.41, 5.74) is 2.50. The van der Waals surface area contributed by atoms with E-state index in [4.69, 9.17) is 4.42 Å². The van der Waals surface area contributed by atoms with Crippen LogP contribution in [0.25, 0.3) is 11.0 Å². The van der Waals surface area contributed by atoms with Crippen molar-refractivity contribution < 1.29 is 4.42 Å². The molecule has 1 aliphatic carbocycles. The molecule has 2 nitrogen and oxygen atoms in total. The standard InChI is InChI=1S/C19H25NO/c1-2-13-20-19(15-9-5-3-4-6-10-15)18-14-16-11-7-8-12-17(16)21-18/h7-9,11-12,14,19-20H,2-6,10,13H2,1H3. The lowest BCUT2D eigenvalue weighted by atomic mass is 9.99. The molecule has 112 valence electrons. The van der Waals surface area contributed by atoms with E-state index in [0.717, 1.165) is 24.3 Å². The number of rotatable bonds is 5. The van der Waals surface area contributed by atoms with Gasteiger partial charge in [-0.1, -0.05) is 37.6 Å². The van der Waals surface area contributed by atoms with Gasteiger partial charge in [-0.3, -0.25) is 0 Å². The van der Waals surface area contributed by atoms with Crippen molar-refractivity contribution in [2.24, 2.45) is 0 Å². The maximum Gasteiger partial charge on any atom is 0.134 e. The normalized spacial score (nSPS) is 17.5. The van der Waals surface area contributed by atoms with Crippen LogP contribution in [0.2, 0.25) is 0 Å². The average molecular weight is 283 g/mol. The fourth-order valence-corrected chi connectivity index (χ4v) is 3.15. The van der Waals surface area contributed by atoms with Crippen molar-refractivity contribution in [1.82, 2.24) is 5.32 Å². The lowest BCUT2D eigenvalue weighted by molar-refractivity contribution is 0.456.